The summed E-state index contributed by atoms with van der Waals surface area (Å²) in [7, 11) is 1.34. The molecule has 0 N–H and O–H groups in total. The number of alkyl halides is 3. The van der Waals surface area contributed by atoms with E-state index in [0.29, 0.717) is 42.0 Å². The molecule has 0 aliphatic carbocycles. The number of nitrogens with zero attached hydrogens (tertiary/aromatic N) is 2. The van der Waals surface area contributed by atoms with Crippen LogP contribution < -0.4 is 19.1 Å². The van der Waals surface area contributed by atoms with Crippen LogP contribution in [0.5, 0.6) is 17.2 Å². The largest absolute Gasteiger partial charge is 0.494 e. The third-order valence-corrected chi connectivity index (χ3v) is 5.38. The first-order valence-corrected chi connectivity index (χ1v) is 10.4. The molecule has 4 rings (SSSR count). The Bertz CT molecular complexity index is 1210. The number of hydrogen-bond acceptors (Lipinski definition) is 6. The molecule has 0 radical (unpaired) electrons. The van der Waals surface area contributed by atoms with Crippen molar-refractivity contribution in [1.82, 2.24) is 4.98 Å². The van der Waals surface area contributed by atoms with Crippen LogP contribution in [-0.2, 0) is 4.79 Å². The van der Waals surface area contributed by atoms with Crippen molar-refractivity contribution in [2.45, 2.75) is 6.18 Å². The monoisotopic (exact) mass is 480 g/mol. The van der Waals surface area contributed by atoms with Gasteiger partial charge in [-0.2, -0.15) is 13.2 Å². The molecule has 3 aromatic rings. The van der Waals surface area contributed by atoms with Gasteiger partial charge in [-0.3, -0.25) is 9.69 Å². The van der Waals surface area contributed by atoms with Crippen molar-refractivity contribution in [3.63, 3.8) is 0 Å². The highest BCUT2D eigenvalue weighted by Crippen LogP contribution is 2.39. The maximum Gasteiger partial charge on any atom is 0.409 e. The minimum Gasteiger partial charge on any atom is -0.494 e. The topological polar surface area (TPSA) is 60.9 Å². The van der Waals surface area contributed by atoms with Crippen LogP contribution in [0.15, 0.2) is 53.9 Å². The number of aromatic nitrogens is 1. The van der Waals surface area contributed by atoms with Gasteiger partial charge in [0.15, 0.2) is 28.2 Å². The summed E-state index contributed by atoms with van der Waals surface area (Å²) in [5.74, 6) is -0.704. The minimum absolute atomic E-state index is 0.0552. The molecule has 33 heavy (non-hydrogen) atoms. The molecular formula is C22H16F4N2O4S. The molecule has 0 spiro atoms. The second-order valence-electron chi connectivity index (χ2n) is 6.74. The van der Waals surface area contributed by atoms with Gasteiger partial charge in [0.25, 0.3) is 5.91 Å². The summed E-state index contributed by atoms with van der Waals surface area (Å²) in [6, 6.07) is 8.80. The van der Waals surface area contributed by atoms with E-state index in [2.05, 4.69) is 4.98 Å². The summed E-state index contributed by atoms with van der Waals surface area (Å²) in [4.78, 5) is 18.2. The smallest absolute Gasteiger partial charge is 0.409 e. The number of amides is 1. The van der Waals surface area contributed by atoms with E-state index in [4.69, 9.17) is 14.2 Å². The van der Waals surface area contributed by atoms with Gasteiger partial charge < -0.3 is 14.2 Å². The van der Waals surface area contributed by atoms with Crippen molar-refractivity contribution >= 4 is 28.1 Å². The number of hydrogen-bond donors (Lipinski definition) is 0. The first-order chi connectivity index (χ1) is 15.7. The fraction of sp³-hybridized carbons (Fsp3) is 0.182. The predicted molar refractivity (Wildman–Crippen MR) is 114 cm³/mol. The molecule has 0 saturated heterocycles. The van der Waals surface area contributed by atoms with Crippen LogP contribution >= 0.6 is 11.3 Å². The van der Waals surface area contributed by atoms with Crippen LogP contribution in [0.1, 0.15) is 0 Å². The summed E-state index contributed by atoms with van der Waals surface area (Å²) in [6.45, 7) is 0.653. The zero-order valence-electron chi connectivity index (χ0n) is 17.1. The van der Waals surface area contributed by atoms with E-state index in [0.717, 1.165) is 16.2 Å². The molecule has 6 nitrogen and oxygen atoms in total. The number of methoxy groups -OCH3 is 1. The van der Waals surface area contributed by atoms with Gasteiger partial charge in [-0.1, -0.05) is 0 Å². The van der Waals surface area contributed by atoms with Gasteiger partial charge in [-0.25, -0.2) is 9.37 Å². The number of carbonyl (C=O) groups is 1. The van der Waals surface area contributed by atoms with E-state index in [1.165, 1.54) is 31.4 Å². The number of benzene rings is 2. The van der Waals surface area contributed by atoms with Gasteiger partial charge in [-0.05, 0) is 30.3 Å². The highest BCUT2D eigenvalue weighted by Gasteiger charge is 2.26. The summed E-state index contributed by atoms with van der Waals surface area (Å²) in [5, 5.41) is 1.66. The maximum absolute atomic E-state index is 14.1. The van der Waals surface area contributed by atoms with E-state index in [1.54, 1.807) is 17.5 Å². The van der Waals surface area contributed by atoms with E-state index in [1.807, 2.05) is 0 Å². The van der Waals surface area contributed by atoms with Crippen LogP contribution in [0.4, 0.5) is 28.4 Å². The van der Waals surface area contributed by atoms with Gasteiger partial charge in [0.2, 0.25) is 0 Å². The Balaban J connectivity index is 1.73. The van der Waals surface area contributed by atoms with Gasteiger partial charge in [0.05, 0.1) is 18.5 Å². The molecule has 1 amide bonds. The maximum atomic E-state index is 14.1. The Kier molecular flexibility index (Phi) is 6.23. The average molecular weight is 480 g/mol. The van der Waals surface area contributed by atoms with Crippen LogP contribution in [0.25, 0.3) is 11.3 Å². The molecule has 1 aromatic heterocycles. The second-order valence-corrected chi connectivity index (χ2v) is 7.58. The predicted octanol–water partition coefficient (Wildman–Crippen LogP) is 5.51. The number of anilines is 2. The molecule has 0 bridgehead atoms. The molecule has 1 aliphatic rings. The van der Waals surface area contributed by atoms with E-state index >= 15 is 0 Å². The molecule has 1 aliphatic heterocycles. The molecular weight excluding hydrogens is 464 g/mol. The van der Waals surface area contributed by atoms with Crippen molar-refractivity contribution in [1.29, 1.82) is 0 Å². The van der Waals surface area contributed by atoms with Gasteiger partial charge in [0.1, 0.15) is 13.2 Å². The number of ether oxygens (including phenoxy) is 3. The normalized spacial score (nSPS) is 13.2. The average Bonchev–Trinajstić information content (AvgIpc) is 3.27. The van der Waals surface area contributed by atoms with Crippen LogP contribution in [0, 0.1) is 5.82 Å². The third-order valence-electron chi connectivity index (χ3n) is 4.55. The second kappa shape index (κ2) is 9.10. The molecule has 0 fully saturated rings. The molecule has 0 unspecified atom stereocenters. The van der Waals surface area contributed by atoms with Crippen molar-refractivity contribution in [3.8, 4) is 28.5 Å². The first-order valence-electron chi connectivity index (χ1n) is 9.54. The van der Waals surface area contributed by atoms with E-state index < -0.39 is 17.9 Å². The lowest BCUT2D eigenvalue weighted by molar-refractivity contribution is -0.114. The summed E-state index contributed by atoms with van der Waals surface area (Å²) < 4.78 is 68.0. The van der Waals surface area contributed by atoms with Crippen molar-refractivity contribution in [3.05, 3.63) is 59.7 Å². The lowest BCUT2D eigenvalue weighted by Gasteiger charge is -2.23. The standard InChI is InChI=1S/C22H16F4N2O4S/c1-30-17-4-2-13(10-15(17)23)16-12-33-21(27-16)28(20(29)6-7-22(24,25)26)14-3-5-18-19(11-14)32-9-8-31-18/h2-7,10-12H,8-9H2,1H3. The molecule has 11 heteroatoms. The highest BCUT2D eigenvalue weighted by atomic mass is 32.1. The van der Waals surface area contributed by atoms with Crippen LogP contribution in [-0.4, -0.2) is 37.4 Å². The third kappa shape index (κ3) is 5.08. The Morgan fingerprint density at radius 1 is 1.15 bits per heavy atom. The number of thiazole rings is 1. The number of fused-ring (bicyclic) bond motifs is 1. The molecule has 2 heterocycles. The SMILES string of the molecule is COc1ccc(-c2csc(N(C(=O)C=CC(F)(F)F)c3ccc4c(c3)OCCO4)n2)cc1F. The zero-order valence-corrected chi connectivity index (χ0v) is 17.9. The Labute approximate surface area is 189 Å². The van der Waals surface area contributed by atoms with Gasteiger partial charge in [-0.15, -0.1) is 11.3 Å². The Morgan fingerprint density at radius 2 is 1.91 bits per heavy atom. The lowest BCUT2D eigenvalue weighted by Crippen LogP contribution is -2.25. The van der Waals surface area contributed by atoms with E-state index in [9.17, 15) is 22.4 Å². The van der Waals surface area contributed by atoms with Crippen LogP contribution in [0.3, 0.4) is 0 Å². The number of rotatable bonds is 5. The Morgan fingerprint density at radius 3 is 2.61 bits per heavy atom. The quantitative estimate of drug-likeness (QED) is 0.356. The summed E-state index contributed by atoms with van der Waals surface area (Å²) >= 11 is 1.02. The first kappa shape index (κ1) is 22.6. The summed E-state index contributed by atoms with van der Waals surface area (Å²) in [6.07, 6.45) is -4.39. The summed E-state index contributed by atoms with van der Waals surface area (Å²) in [5.41, 5.74) is 0.987. The molecule has 2 aromatic carbocycles. The number of halogens is 4. The zero-order chi connectivity index (χ0) is 23.6. The molecule has 0 saturated carbocycles. The fourth-order valence-electron chi connectivity index (χ4n) is 3.07. The Hall–Kier alpha value is -3.60. The fourth-order valence-corrected chi connectivity index (χ4v) is 3.93. The highest BCUT2D eigenvalue weighted by molar-refractivity contribution is 7.14. The lowest BCUT2D eigenvalue weighted by atomic mass is 10.1. The number of allylic oxidation sites excluding steroid dienone is 1. The van der Waals surface area contributed by atoms with Gasteiger partial charge >= 0.3 is 6.18 Å². The molecule has 172 valence electrons. The molecule has 0 atom stereocenters. The van der Waals surface area contributed by atoms with Crippen LogP contribution in [0.2, 0.25) is 0 Å². The van der Waals surface area contributed by atoms with Gasteiger partial charge in [0, 0.05) is 29.2 Å². The van der Waals surface area contributed by atoms with E-state index in [-0.39, 0.29) is 22.6 Å². The van der Waals surface area contributed by atoms with Crippen molar-refractivity contribution in [2.24, 2.45) is 0 Å². The number of carbonyl (C=O) groups excluding carboxylic acids is 1. The van der Waals surface area contributed by atoms with Crippen molar-refractivity contribution in [2.75, 3.05) is 25.2 Å². The minimum atomic E-state index is -4.66. The van der Waals surface area contributed by atoms with Crippen molar-refractivity contribution < 1.29 is 36.6 Å².